The molecule has 0 aliphatic carbocycles. The van der Waals surface area contributed by atoms with Crippen LogP contribution in [-0.4, -0.2) is 47.4 Å². The van der Waals surface area contributed by atoms with E-state index in [1.165, 1.54) is 0 Å². The number of hydrogen-bond acceptors (Lipinski definition) is 4. The van der Waals surface area contributed by atoms with Gasteiger partial charge in [0.05, 0.1) is 11.3 Å². The maximum absolute atomic E-state index is 12.3. The molecule has 0 unspecified atom stereocenters. The average molecular weight is 330 g/mol. The number of anilines is 1. The molecule has 0 spiro atoms. The van der Waals surface area contributed by atoms with Crippen molar-refractivity contribution in [3.8, 4) is 0 Å². The SMILES string of the molecule is CC(C)(C)OC(=O)N1CCC(N2C(=O)C(=O)c3ccccc32)CC1. The van der Waals surface area contributed by atoms with Gasteiger partial charge in [0.1, 0.15) is 5.60 Å². The third kappa shape index (κ3) is 3.00. The fourth-order valence-corrected chi connectivity index (χ4v) is 3.21. The number of amides is 2. The molecule has 6 nitrogen and oxygen atoms in total. The highest BCUT2D eigenvalue weighted by atomic mass is 16.6. The number of likely N-dealkylation sites (tertiary alicyclic amines) is 1. The first-order valence-electron chi connectivity index (χ1n) is 8.23. The largest absolute Gasteiger partial charge is 0.444 e. The normalized spacial score (nSPS) is 18.8. The Kier molecular flexibility index (Phi) is 4.07. The molecule has 0 radical (unpaired) electrons. The number of fused-ring (bicyclic) bond motifs is 1. The van der Waals surface area contributed by atoms with Crippen molar-refractivity contribution in [2.24, 2.45) is 0 Å². The summed E-state index contributed by atoms with van der Waals surface area (Å²) in [7, 11) is 0. The molecule has 2 aliphatic rings. The molecule has 1 saturated heterocycles. The molecule has 2 aliphatic heterocycles. The summed E-state index contributed by atoms with van der Waals surface area (Å²) >= 11 is 0. The lowest BCUT2D eigenvalue weighted by molar-refractivity contribution is -0.114. The summed E-state index contributed by atoms with van der Waals surface area (Å²) in [6.07, 6.45) is 0.935. The molecule has 0 N–H and O–H groups in total. The summed E-state index contributed by atoms with van der Waals surface area (Å²) in [4.78, 5) is 39.8. The van der Waals surface area contributed by atoms with Crippen LogP contribution in [0.4, 0.5) is 10.5 Å². The molecule has 128 valence electrons. The highest BCUT2D eigenvalue weighted by molar-refractivity contribution is 6.52. The maximum atomic E-state index is 12.3. The van der Waals surface area contributed by atoms with Crippen LogP contribution < -0.4 is 4.90 Å². The van der Waals surface area contributed by atoms with Crippen molar-refractivity contribution in [2.75, 3.05) is 18.0 Å². The van der Waals surface area contributed by atoms with E-state index in [9.17, 15) is 14.4 Å². The third-order valence-corrected chi connectivity index (χ3v) is 4.30. The van der Waals surface area contributed by atoms with Crippen molar-refractivity contribution in [1.29, 1.82) is 0 Å². The molecule has 2 amide bonds. The number of para-hydroxylation sites is 1. The first-order chi connectivity index (χ1) is 11.3. The smallest absolute Gasteiger partial charge is 0.410 e. The van der Waals surface area contributed by atoms with E-state index in [4.69, 9.17) is 4.74 Å². The van der Waals surface area contributed by atoms with Gasteiger partial charge in [0.25, 0.3) is 11.7 Å². The molecule has 1 fully saturated rings. The third-order valence-electron chi connectivity index (χ3n) is 4.30. The van der Waals surface area contributed by atoms with Gasteiger partial charge in [0.2, 0.25) is 0 Å². The molecule has 2 heterocycles. The summed E-state index contributed by atoms with van der Waals surface area (Å²) in [6, 6.07) is 7.01. The van der Waals surface area contributed by atoms with Gasteiger partial charge in [0.15, 0.2) is 0 Å². The molecule has 6 heteroatoms. The van der Waals surface area contributed by atoms with E-state index in [-0.39, 0.29) is 12.1 Å². The van der Waals surface area contributed by atoms with Gasteiger partial charge in [-0.05, 0) is 45.7 Å². The lowest BCUT2D eigenvalue weighted by Gasteiger charge is -2.37. The van der Waals surface area contributed by atoms with Crippen molar-refractivity contribution < 1.29 is 19.1 Å². The van der Waals surface area contributed by atoms with Crippen LogP contribution in [0.25, 0.3) is 0 Å². The van der Waals surface area contributed by atoms with Crippen LogP contribution in [0.15, 0.2) is 24.3 Å². The molecule has 24 heavy (non-hydrogen) atoms. The van der Waals surface area contributed by atoms with Gasteiger partial charge in [-0.25, -0.2) is 4.79 Å². The van der Waals surface area contributed by atoms with Crippen molar-refractivity contribution in [3.05, 3.63) is 29.8 Å². The van der Waals surface area contributed by atoms with Crippen LogP contribution in [0.3, 0.4) is 0 Å². The number of carbonyl (C=O) groups is 3. The second kappa shape index (κ2) is 5.92. The number of ketones is 1. The number of hydrogen-bond donors (Lipinski definition) is 0. The van der Waals surface area contributed by atoms with E-state index in [0.29, 0.717) is 37.2 Å². The Morgan fingerprint density at radius 1 is 1.12 bits per heavy atom. The first kappa shape index (κ1) is 16.5. The fourth-order valence-electron chi connectivity index (χ4n) is 3.21. The topological polar surface area (TPSA) is 66.9 Å². The summed E-state index contributed by atoms with van der Waals surface area (Å²) < 4.78 is 5.38. The Bertz CT molecular complexity index is 685. The molecule has 0 bridgehead atoms. The van der Waals surface area contributed by atoms with Gasteiger partial charge in [0, 0.05) is 19.1 Å². The minimum absolute atomic E-state index is 0.0659. The number of piperidine rings is 1. The summed E-state index contributed by atoms with van der Waals surface area (Å²) in [5.74, 6) is -0.910. The minimum atomic E-state index is -0.524. The van der Waals surface area contributed by atoms with Crippen LogP contribution in [0.2, 0.25) is 0 Å². The van der Waals surface area contributed by atoms with Crippen molar-refractivity contribution in [2.45, 2.75) is 45.3 Å². The first-order valence-corrected chi connectivity index (χ1v) is 8.23. The lowest BCUT2D eigenvalue weighted by Crippen LogP contribution is -2.49. The number of Topliss-reactive ketones (excluding diaryl/α,β-unsaturated/α-hetero) is 1. The van der Waals surface area contributed by atoms with Crippen molar-refractivity contribution >= 4 is 23.5 Å². The van der Waals surface area contributed by atoms with Crippen molar-refractivity contribution in [1.82, 2.24) is 4.90 Å². The highest BCUT2D eigenvalue weighted by Crippen LogP contribution is 2.33. The monoisotopic (exact) mass is 330 g/mol. The number of rotatable bonds is 1. The quantitative estimate of drug-likeness (QED) is 0.742. The highest BCUT2D eigenvalue weighted by Gasteiger charge is 2.41. The Morgan fingerprint density at radius 2 is 1.75 bits per heavy atom. The second-order valence-electron chi connectivity index (χ2n) is 7.22. The number of ether oxygens (including phenoxy) is 1. The van der Waals surface area contributed by atoms with Gasteiger partial charge in [-0.3, -0.25) is 9.59 Å². The standard InChI is InChI=1S/C18H22N2O4/c1-18(2,3)24-17(23)19-10-8-12(9-11-19)20-14-7-5-4-6-13(14)15(21)16(20)22/h4-7,12H,8-11H2,1-3H3. The predicted molar refractivity (Wildman–Crippen MR) is 89.1 cm³/mol. The molecular weight excluding hydrogens is 308 g/mol. The molecule has 1 aromatic carbocycles. The summed E-state index contributed by atoms with van der Waals surface area (Å²) in [5, 5.41) is 0. The van der Waals surface area contributed by atoms with E-state index in [1.54, 1.807) is 28.0 Å². The summed E-state index contributed by atoms with van der Waals surface area (Å²) in [6.45, 7) is 6.54. The number of nitrogens with zero attached hydrogens (tertiary/aromatic N) is 2. The van der Waals surface area contributed by atoms with E-state index < -0.39 is 17.3 Å². The van der Waals surface area contributed by atoms with E-state index in [2.05, 4.69) is 0 Å². The second-order valence-corrected chi connectivity index (χ2v) is 7.22. The molecule has 0 aromatic heterocycles. The van der Waals surface area contributed by atoms with E-state index in [1.807, 2.05) is 26.8 Å². The minimum Gasteiger partial charge on any atom is -0.444 e. The maximum Gasteiger partial charge on any atom is 0.410 e. The zero-order chi connectivity index (χ0) is 17.5. The Balaban J connectivity index is 1.68. The zero-order valence-corrected chi connectivity index (χ0v) is 14.2. The number of benzene rings is 1. The average Bonchev–Trinajstić information content (AvgIpc) is 2.78. The van der Waals surface area contributed by atoms with Crippen LogP contribution in [-0.2, 0) is 9.53 Å². The molecule has 1 aromatic rings. The van der Waals surface area contributed by atoms with Crippen LogP contribution >= 0.6 is 0 Å². The Morgan fingerprint density at radius 3 is 2.38 bits per heavy atom. The number of carbonyl (C=O) groups excluding carboxylic acids is 3. The van der Waals surface area contributed by atoms with Crippen LogP contribution in [0.5, 0.6) is 0 Å². The van der Waals surface area contributed by atoms with Gasteiger partial charge in [-0.2, -0.15) is 0 Å². The lowest BCUT2D eigenvalue weighted by atomic mass is 10.0. The zero-order valence-electron chi connectivity index (χ0n) is 14.2. The summed E-state index contributed by atoms with van der Waals surface area (Å²) in [5.41, 5.74) is 0.629. The van der Waals surface area contributed by atoms with Crippen molar-refractivity contribution in [3.63, 3.8) is 0 Å². The van der Waals surface area contributed by atoms with Gasteiger partial charge >= 0.3 is 6.09 Å². The fraction of sp³-hybridized carbons (Fsp3) is 0.500. The Labute approximate surface area is 141 Å². The van der Waals surface area contributed by atoms with Gasteiger partial charge < -0.3 is 14.5 Å². The van der Waals surface area contributed by atoms with E-state index in [0.717, 1.165) is 0 Å². The molecule has 0 saturated carbocycles. The van der Waals surface area contributed by atoms with Crippen LogP contribution in [0, 0.1) is 0 Å². The van der Waals surface area contributed by atoms with E-state index >= 15 is 0 Å². The molecule has 0 atom stereocenters. The Hall–Kier alpha value is -2.37. The molecule has 3 rings (SSSR count). The van der Waals surface area contributed by atoms with Crippen LogP contribution in [0.1, 0.15) is 44.0 Å². The van der Waals surface area contributed by atoms with Gasteiger partial charge in [-0.15, -0.1) is 0 Å². The molecular formula is C18H22N2O4. The van der Waals surface area contributed by atoms with Gasteiger partial charge in [-0.1, -0.05) is 12.1 Å². The predicted octanol–water partition coefficient (Wildman–Crippen LogP) is 2.62.